The Morgan fingerprint density at radius 2 is 2.00 bits per heavy atom. The number of rotatable bonds is 7. The first-order valence-corrected chi connectivity index (χ1v) is 13.9. The lowest BCUT2D eigenvalue weighted by Gasteiger charge is -2.24. The zero-order chi connectivity index (χ0) is 28.1. The molecule has 1 atom stereocenters. The molecule has 40 heavy (non-hydrogen) atoms. The van der Waals surface area contributed by atoms with Gasteiger partial charge in [-0.05, 0) is 54.3 Å². The van der Waals surface area contributed by atoms with Crippen LogP contribution in [0.3, 0.4) is 0 Å². The van der Waals surface area contributed by atoms with Crippen molar-refractivity contribution in [3.05, 3.63) is 83.0 Å². The van der Waals surface area contributed by atoms with E-state index in [-0.39, 0.29) is 17.0 Å². The number of anilines is 2. The number of nitrogens with zero attached hydrogens (tertiary/aromatic N) is 4. The summed E-state index contributed by atoms with van der Waals surface area (Å²) in [7, 11) is 0. The van der Waals surface area contributed by atoms with Crippen molar-refractivity contribution in [3.8, 4) is 6.07 Å². The molecular formula is C31H33ClN8. The molecule has 2 aliphatic rings. The maximum Gasteiger partial charge on any atom is 0.103 e. The van der Waals surface area contributed by atoms with E-state index in [1.807, 2.05) is 30.6 Å². The molecule has 1 aliphatic carbocycles. The second-order valence-electron chi connectivity index (χ2n) is 12.1. The highest BCUT2D eigenvalue weighted by Crippen LogP contribution is 2.43. The predicted octanol–water partition coefficient (Wildman–Crippen LogP) is 6.64. The first kappa shape index (κ1) is 26.2. The predicted molar refractivity (Wildman–Crippen MR) is 161 cm³/mol. The maximum atomic E-state index is 9.87. The Morgan fingerprint density at radius 3 is 2.75 bits per heavy atom. The fraction of sp³-hybridized carbons (Fsp3) is 0.323. The Labute approximate surface area is 239 Å². The van der Waals surface area contributed by atoms with Crippen LogP contribution in [-0.2, 0) is 0 Å². The van der Waals surface area contributed by atoms with Gasteiger partial charge in [0.15, 0.2) is 0 Å². The molecule has 1 saturated carbocycles. The molecule has 9 heteroatoms. The van der Waals surface area contributed by atoms with Gasteiger partial charge in [0.1, 0.15) is 6.07 Å². The summed E-state index contributed by atoms with van der Waals surface area (Å²) in [5, 5.41) is 22.8. The molecule has 0 unspecified atom stereocenters. The topological polar surface area (TPSA) is 101 Å². The molecule has 2 aromatic heterocycles. The van der Waals surface area contributed by atoms with E-state index in [1.54, 1.807) is 6.20 Å². The van der Waals surface area contributed by atoms with Crippen molar-refractivity contribution in [2.45, 2.75) is 52.1 Å². The van der Waals surface area contributed by atoms with E-state index in [2.05, 4.69) is 94.7 Å². The van der Waals surface area contributed by atoms with Crippen molar-refractivity contribution in [2.75, 3.05) is 17.2 Å². The maximum absolute atomic E-state index is 9.87. The molecule has 3 heterocycles. The number of hydrogen-bond acceptors (Lipinski definition) is 8. The number of hydrazine groups is 2. The third-order valence-corrected chi connectivity index (χ3v) is 7.92. The molecule has 4 N–H and O–H groups in total. The monoisotopic (exact) mass is 552 g/mol. The fourth-order valence-corrected chi connectivity index (χ4v) is 5.32. The second-order valence-corrected chi connectivity index (χ2v) is 12.5. The van der Waals surface area contributed by atoms with Crippen molar-refractivity contribution < 1.29 is 0 Å². The highest BCUT2D eigenvalue weighted by molar-refractivity contribution is 6.35. The van der Waals surface area contributed by atoms with Crippen LogP contribution in [0, 0.1) is 16.7 Å². The first-order valence-electron chi connectivity index (χ1n) is 13.5. The van der Waals surface area contributed by atoms with Crippen LogP contribution < -0.4 is 21.6 Å². The molecular weight excluding hydrogens is 520 g/mol. The number of nitriles is 1. The molecule has 8 nitrogen and oxygen atoms in total. The van der Waals surface area contributed by atoms with Crippen LogP contribution in [0.4, 0.5) is 11.4 Å². The van der Waals surface area contributed by atoms with E-state index in [9.17, 15) is 5.26 Å². The zero-order valence-corrected chi connectivity index (χ0v) is 23.9. The van der Waals surface area contributed by atoms with Crippen molar-refractivity contribution in [2.24, 2.45) is 5.41 Å². The van der Waals surface area contributed by atoms with E-state index < -0.39 is 0 Å². The van der Waals surface area contributed by atoms with Crippen LogP contribution in [0.1, 0.15) is 57.7 Å². The SMILES string of the molecule is CC(C)(C)CNc1c(C#N)cnc2c(Cl)cc(N[C@H](C3=CN(C4(C)CC4)NN3)c3cccc4cnccc34)cc12. The Hall–Kier alpha value is -4.06. The molecule has 4 aromatic rings. The minimum atomic E-state index is -0.224. The fourth-order valence-electron chi connectivity index (χ4n) is 5.05. The largest absolute Gasteiger partial charge is 0.383 e. The van der Waals surface area contributed by atoms with E-state index in [0.717, 1.165) is 51.6 Å². The Kier molecular flexibility index (Phi) is 6.44. The van der Waals surface area contributed by atoms with Gasteiger partial charge in [-0.2, -0.15) is 5.26 Å². The van der Waals surface area contributed by atoms with Gasteiger partial charge in [-0.1, -0.05) is 50.6 Å². The van der Waals surface area contributed by atoms with E-state index in [4.69, 9.17) is 11.6 Å². The zero-order valence-electron chi connectivity index (χ0n) is 23.1. The normalized spacial score (nSPS) is 16.8. The molecule has 0 radical (unpaired) electrons. The summed E-state index contributed by atoms with van der Waals surface area (Å²) in [6.07, 6.45) is 9.73. The van der Waals surface area contributed by atoms with Gasteiger partial charge in [0.2, 0.25) is 0 Å². The minimum Gasteiger partial charge on any atom is -0.383 e. The van der Waals surface area contributed by atoms with Crippen molar-refractivity contribution >= 4 is 44.7 Å². The lowest BCUT2D eigenvalue weighted by atomic mass is 9.96. The molecule has 0 spiro atoms. The molecule has 2 aromatic carbocycles. The average Bonchev–Trinajstić information content (AvgIpc) is 3.48. The van der Waals surface area contributed by atoms with Gasteiger partial charge < -0.3 is 16.1 Å². The molecule has 6 rings (SSSR count). The van der Waals surface area contributed by atoms with Gasteiger partial charge in [0.05, 0.1) is 39.1 Å². The van der Waals surface area contributed by atoms with Crippen LogP contribution >= 0.6 is 11.6 Å². The van der Waals surface area contributed by atoms with Crippen molar-refractivity contribution in [3.63, 3.8) is 0 Å². The quantitative estimate of drug-likeness (QED) is 0.202. The van der Waals surface area contributed by atoms with E-state index >= 15 is 0 Å². The van der Waals surface area contributed by atoms with Gasteiger partial charge in [0, 0.05) is 47.8 Å². The smallest absolute Gasteiger partial charge is 0.103 e. The van der Waals surface area contributed by atoms with Crippen molar-refractivity contribution in [1.82, 2.24) is 25.9 Å². The second kappa shape index (κ2) is 9.84. The molecule has 204 valence electrons. The lowest BCUT2D eigenvalue weighted by Crippen LogP contribution is -2.43. The summed E-state index contributed by atoms with van der Waals surface area (Å²) in [4.78, 5) is 8.85. The number of benzene rings is 2. The summed E-state index contributed by atoms with van der Waals surface area (Å²) in [5.74, 6) is 0. The van der Waals surface area contributed by atoms with Crippen molar-refractivity contribution in [1.29, 1.82) is 5.26 Å². The third-order valence-electron chi connectivity index (χ3n) is 7.63. The van der Waals surface area contributed by atoms with Crippen LogP contribution in [0.2, 0.25) is 5.02 Å². The van der Waals surface area contributed by atoms with Crippen LogP contribution in [-0.4, -0.2) is 27.1 Å². The summed E-state index contributed by atoms with van der Waals surface area (Å²) in [6.45, 7) is 9.41. The van der Waals surface area contributed by atoms with Gasteiger partial charge in [-0.15, -0.1) is 5.53 Å². The molecule has 0 bridgehead atoms. The number of halogens is 1. The van der Waals surface area contributed by atoms with Gasteiger partial charge in [-0.3, -0.25) is 15.0 Å². The first-order chi connectivity index (χ1) is 19.1. The number of hydrogen-bond donors (Lipinski definition) is 4. The lowest BCUT2D eigenvalue weighted by molar-refractivity contribution is 0.190. The Morgan fingerprint density at radius 1 is 1.18 bits per heavy atom. The van der Waals surface area contributed by atoms with Gasteiger partial charge in [-0.25, -0.2) is 0 Å². The number of fused-ring (bicyclic) bond motifs is 2. The van der Waals surface area contributed by atoms with E-state index in [0.29, 0.717) is 22.6 Å². The summed E-state index contributed by atoms with van der Waals surface area (Å²) >= 11 is 6.82. The van der Waals surface area contributed by atoms with Crippen LogP contribution in [0.25, 0.3) is 21.7 Å². The number of aromatic nitrogens is 2. The molecule has 0 saturated heterocycles. The summed E-state index contributed by atoms with van der Waals surface area (Å²) < 4.78 is 0. The third kappa shape index (κ3) is 4.99. The Bertz CT molecular complexity index is 1670. The standard InChI is InChI=1S/C31H33ClN8/c1-30(2,3)18-36-27-20(14-33)16-35-28-24(27)12-21(13-25(28)32)37-29(26-17-40(39-38-26)31(4)9-10-31)23-7-5-6-19-15-34-11-8-22(19)23/h5-8,11-13,15-17,29,37-39H,9-10,18H2,1-4H3,(H,35,36)/t29-/m0/s1. The van der Waals surface area contributed by atoms with Gasteiger partial charge >= 0.3 is 0 Å². The molecule has 1 aliphatic heterocycles. The van der Waals surface area contributed by atoms with Crippen LogP contribution in [0.15, 0.2) is 66.9 Å². The minimum absolute atomic E-state index is 0.0218. The van der Waals surface area contributed by atoms with E-state index in [1.165, 1.54) is 0 Å². The summed E-state index contributed by atoms with van der Waals surface area (Å²) in [5.41, 5.74) is 11.7. The highest BCUT2D eigenvalue weighted by atomic mass is 35.5. The number of nitrogens with one attached hydrogen (secondary N) is 4. The summed E-state index contributed by atoms with van der Waals surface area (Å²) in [6, 6.07) is 14.3. The number of pyridine rings is 2. The Balaban J connectivity index is 1.46. The highest BCUT2D eigenvalue weighted by Gasteiger charge is 2.44. The molecule has 1 fully saturated rings. The van der Waals surface area contributed by atoms with Crippen LogP contribution in [0.5, 0.6) is 0 Å². The average molecular weight is 553 g/mol. The molecule has 0 amide bonds. The van der Waals surface area contributed by atoms with Gasteiger partial charge in [0.25, 0.3) is 0 Å².